The molecule has 1 N–H and O–H groups in total. The maximum Gasteiger partial charge on any atom is 0.170 e. The van der Waals surface area contributed by atoms with Gasteiger partial charge in [-0.1, -0.05) is 24.6 Å². The summed E-state index contributed by atoms with van der Waals surface area (Å²) in [6.07, 6.45) is 8.89. The number of nitrogens with zero attached hydrogens (tertiary/aromatic N) is 4. The van der Waals surface area contributed by atoms with Crippen LogP contribution in [0.15, 0.2) is 43.0 Å². The van der Waals surface area contributed by atoms with Gasteiger partial charge in [0.05, 0.1) is 0 Å². The first-order chi connectivity index (χ1) is 11.4. The van der Waals surface area contributed by atoms with Gasteiger partial charge >= 0.3 is 0 Å². The van der Waals surface area contributed by atoms with Crippen LogP contribution < -0.4 is 5.32 Å². The van der Waals surface area contributed by atoms with E-state index < -0.39 is 0 Å². The zero-order valence-electron chi connectivity index (χ0n) is 12.9. The van der Waals surface area contributed by atoms with Crippen LogP contribution >= 0.6 is 0 Å². The first-order valence-electron chi connectivity index (χ1n) is 8.38. The van der Waals surface area contributed by atoms with Gasteiger partial charge in [0, 0.05) is 11.7 Å². The van der Waals surface area contributed by atoms with Crippen LogP contribution in [0.4, 0.5) is 5.82 Å². The van der Waals surface area contributed by atoms with E-state index in [1.807, 2.05) is 29.1 Å². The van der Waals surface area contributed by atoms with Gasteiger partial charge in [0.25, 0.3) is 0 Å². The van der Waals surface area contributed by atoms with Crippen molar-refractivity contribution in [2.75, 3.05) is 5.32 Å². The number of hydrogen-bond acceptors (Lipinski definition) is 4. The predicted molar refractivity (Wildman–Crippen MR) is 89.5 cm³/mol. The van der Waals surface area contributed by atoms with E-state index >= 15 is 0 Å². The van der Waals surface area contributed by atoms with Crippen molar-refractivity contribution in [1.82, 2.24) is 19.5 Å². The summed E-state index contributed by atoms with van der Waals surface area (Å²) < 4.78 is 2.02. The monoisotopic (exact) mass is 305 g/mol. The number of imidazole rings is 1. The Morgan fingerprint density at radius 2 is 1.91 bits per heavy atom. The molecule has 2 aromatic heterocycles. The highest BCUT2D eigenvalue weighted by Crippen LogP contribution is 2.45. The van der Waals surface area contributed by atoms with Crippen molar-refractivity contribution >= 4 is 17.0 Å². The lowest BCUT2D eigenvalue weighted by atomic mass is 9.95. The molecule has 2 aliphatic carbocycles. The Hall–Kier alpha value is -2.43. The van der Waals surface area contributed by atoms with Gasteiger partial charge < -0.3 is 5.32 Å². The Morgan fingerprint density at radius 3 is 2.70 bits per heavy atom. The second kappa shape index (κ2) is 5.05. The van der Waals surface area contributed by atoms with Crippen LogP contribution in [0, 0.1) is 11.8 Å². The van der Waals surface area contributed by atoms with E-state index in [-0.39, 0.29) is 0 Å². The van der Waals surface area contributed by atoms with E-state index in [1.54, 1.807) is 6.33 Å². The van der Waals surface area contributed by atoms with Gasteiger partial charge in [-0.2, -0.15) is 0 Å². The van der Waals surface area contributed by atoms with Gasteiger partial charge in [0.1, 0.15) is 12.7 Å². The molecule has 3 unspecified atom stereocenters. The van der Waals surface area contributed by atoms with Gasteiger partial charge in [-0.3, -0.25) is 4.57 Å². The maximum atomic E-state index is 4.57. The number of hydrogen-bond donors (Lipinski definition) is 1. The molecular formula is C18H19N5. The molecule has 2 bridgehead atoms. The average Bonchev–Trinajstić information content (AvgIpc) is 3.31. The minimum absolute atomic E-state index is 0.550. The molecule has 3 atom stereocenters. The molecule has 1 aromatic carbocycles. The Balaban J connectivity index is 1.52. The first-order valence-corrected chi connectivity index (χ1v) is 8.38. The van der Waals surface area contributed by atoms with Crippen molar-refractivity contribution in [3.05, 3.63) is 43.0 Å². The molecule has 2 fully saturated rings. The minimum Gasteiger partial charge on any atom is -0.365 e. The molecule has 0 amide bonds. The summed E-state index contributed by atoms with van der Waals surface area (Å²) in [7, 11) is 0. The standard InChI is InChI=1S/C18H19N5/c1-2-4-14(5-3-1)23-11-21-16-17(19-10-20-18(16)23)22-15-9-12-6-7-13(15)8-12/h1-5,10-13,15H,6-9H2,(H,19,20,22). The quantitative estimate of drug-likeness (QED) is 0.805. The van der Waals surface area contributed by atoms with Crippen LogP contribution in [-0.4, -0.2) is 25.6 Å². The fourth-order valence-electron chi connectivity index (χ4n) is 4.32. The van der Waals surface area contributed by atoms with E-state index in [4.69, 9.17) is 0 Å². The Bertz CT molecular complexity index is 841. The highest BCUT2D eigenvalue weighted by molar-refractivity contribution is 5.84. The molecule has 5 heteroatoms. The fraction of sp³-hybridized carbons (Fsp3) is 0.389. The number of rotatable bonds is 3. The van der Waals surface area contributed by atoms with Crippen LogP contribution in [-0.2, 0) is 0 Å². The summed E-state index contributed by atoms with van der Waals surface area (Å²) in [4.78, 5) is 13.5. The van der Waals surface area contributed by atoms with Crippen LogP contribution in [0.1, 0.15) is 25.7 Å². The molecule has 5 rings (SSSR count). The fourth-order valence-corrected chi connectivity index (χ4v) is 4.32. The third-order valence-electron chi connectivity index (χ3n) is 5.43. The van der Waals surface area contributed by atoms with Crippen molar-refractivity contribution < 1.29 is 0 Å². The molecular weight excluding hydrogens is 286 g/mol. The number of fused-ring (bicyclic) bond motifs is 3. The van der Waals surface area contributed by atoms with E-state index in [2.05, 4.69) is 32.4 Å². The SMILES string of the molecule is c1ccc(-n2cnc3c(NC4CC5CCC4C5)ncnc32)cc1. The molecule has 3 aromatic rings. The Kier molecular flexibility index (Phi) is 2.86. The molecule has 2 heterocycles. The molecule has 23 heavy (non-hydrogen) atoms. The highest BCUT2D eigenvalue weighted by Gasteiger charge is 2.39. The third kappa shape index (κ3) is 2.11. The van der Waals surface area contributed by atoms with E-state index in [9.17, 15) is 0 Å². The Morgan fingerprint density at radius 1 is 1.00 bits per heavy atom. The highest BCUT2D eigenvalue weighted by atomic mass is 15.2. The predicted octanol–water partition coefficient (Wildman–Crippen LogP) is 3.42. The second-order valence-corrected chi connectivity index (χ2v) is 6.77. The molecule has 5 nitrogen and oxygen atoms in total. The maximum absolute atomic E-state index is 4.57. The van der Waals surface area contributed by atoms with Gasteiger partial charge in [-0.05, 0) is 43.2 Å². The first kappa shape index (κ1) is 13.0. The lowest BCUT2D eigenvalue weighted by Gasteiger charge is -2.23. The van der Waals surface area contributed by atoms with Crippen LogP contribution in [0.2, 0.25) is 0 Å². The molecule has 0 saturated heterocycles. The van der Waals surface area contributed by atoms with Crippen molar-refractivity contribution in [2.45, 2.75) is 31.7 Å². The number of anilines is 1. The number of benzene rings is 1. The molecule has 2 aliphatic rings. The lowest BCUT2D eigenvalue weighted by Crippen LogP contribution is -2.26. The van der Waals surface area contributed by atoms with E-state index in [1.165, 1.54) is 25.7 Å². The largest absolute Gasteiger partial charge is 0.365 e. The van der Waals surface area contributed by atoms with Crippen LogP contribution in [0.5, 0.6) is 0 Å². The van der Waals surface area contributed by atoms with E-state index in [0.29, 0.717) is 6.04 Å². The van der Waals surface area contributed by atoms with Crippen molar-refractivity contribution in [3.63, 3.8) is 0 Å². The summed E-state index contributed by atoms with van der Waals surface area (Å²) in [5.41, 5.74) is 2.79. The number of aromatic nitrogens is 4. The van der Waals surface area contributed by atoms with Crippen molar-refractivity contribution in [1.29, 1.82) is 0 Å². The second-order valence-electron chi connectivity index (χ2n) is 6.77. The van der Waals surface area contributed by atoms with Gasteiger partial charge in [-0.15, -0.1) is 0 Å². The van der Waals surface area contributed by atoms with E-state index in [0.717, 1.165) is 34.5 Å². The molecule has 0 radical (unpaired) electrons. The number of para-hydroxylation sites is 1. The van der Waals surface area contributed by atoms with Gasteiger partial charge in [0.15, 0.2) is 17.0 Å². The molecule has 116 valence electrons. The third-order valence-corrected chi connectivity index (χ3v) is 5.43. The van der Waals surface area contributed by atoms with Crippen LogP contribution in [0.25, 0.3) is 16.9 Å². The normalized spacial score (nSPS) is 26.0. The summed E-state index contributed by atoms with van der Waals surface area (Å²) in [6, 6.07) is 10.7. The topological polar surface area (TPSA) is 55.6 Å². The zero-order valence-corrected chi connectivity index (χ0v) is 12.9. The van der Waals surface area contributed by atoms with Crippen molar-refractivity contribution in [2.24, 2.45) is 11.8 Å². The van der Waals surface area contributed by atoms with Crippen LogP contribution in [0.3, 0.4) is 0 Å². The summed E-state index contributed by atoms with van der Waals surface area (Å²) in [6.45, 7) is 0. The van der Waals surface area contributed by atoms with Gasteiger partial charge in [-0.25, -0.2) is 15.0 Å². The van der Waals surface area contributed by atoms with Crippen molar-refractivity contribution in [3.8, 4) is 5.69 Å². The Labute approximate surface area is 134 Å². The zero-order chi connectivity index (χ0) is 15.2. The summed E-state index contributed by atoms with van der Waals surface area (Å²) in [5.74, 6) is 2.60. The molecule has 0 spiro atoms. The summed E-state index contributed by atoms with van der Waals surface area (Å²) >= 11 is 0. The summed E-state index contributed by atoms with van der Waals surface area (Å²) in [5, 5.41) is 3.65. The average molecular weight is 305 g/mol. The lowest BCUT2D eigenvalue weighted by molar-refractivity contribution is 0.439. The minimum atomic E-state index is 0.550. The molecule has 0 aliphatic heterocycles. The smallest absolute Gasteiger partial charge is 0.170 e. The number of nitrogens with one attached hydrogen (secondary N) is 1. The molecule has 2 saturated carbocycles. The van der Waals surface area contributed by atoms with Gasteiger partial charge in [0.2, 0.25) is 0 Å².